The van der Waals surface area contributed by atoms with Gasteiger partial charge in [0.1, 0.15) is 0 Å². The van der Waals surface area contributed by atoms with Gasteiger partial charge in [0.25, 0.3) is 0 Å². The van der Waals surface area contributed by atoms with Crippen molar-refractivity contribution in [2.45, 2.75) is 62.4 Å². The van der Waals surface area contributed by atoms with E-state index in [4.69, 9.17) is 11.6 Å². The number of aryl methyl sites for hydroxylation is 1. The number of nitrogens with zero attached hydrogens (tertiary/aromatic N) is 1. The predicted octanol–water partition coefficient (Wildman–Crippen LogP) is 4.80. The van der Waals surface area contributed by atoms with Crippen molar-refractivity contribution in [2.24, 2.45) is 5.92 Å². The van der Waals surface area contributed by atoms with Gasteiger partial charge in [0.05, 0.1) is 4.90 Å². The number of piperidine rings is 1. The van der Waals surface area contributed by atoms with Crippen molar-refractivity contribution >= 4 is 21.6 Å². The van der Waals surface area contributed by atoms with Crippen molar-refractivity contribution in [3.63, 3.8) is 0 Å². The Morgan fingerprint density at radius 2 is 1.63 bits per heavy atom. The molecule has 1 aliphatic carbocycles. The number of hydrogen-bond donors (Lipinski definition) is 1. The average molecular weight is 447 g/mol. The third-order valence-corrected chi connectivity index (χ3v) is 8.43. The summed E-state index contributed by atoms with van der Waals surface area (Å²) in [6, 6.07) is 15.6. The Balaban J connectivity index is 1.34. The quantitative estimate of drug-likeness (QED) is 0.693. The van der Waals surface area contributed by atoms with Gasteiger partial charge in [0, 0.05) is 17.1 Å². The van der Waals surface area contributed by atoms with Crippen LogP contribution in [0.1, 0.15) is 43.2 Å². The van der Waals surface area contributed by atoms with Crippen LogP contribution in [0.25, 0.3) is 0 Å². The molecule has 2 aromatic rings. The maximum absolute atomic E-state index is 12.9. The van der Waals surface area contributed by atoms with Gasteiger partial charge in [0.15, 0.2) is 0 Å². The average Bonchev–Trinajstić information content (AvgIpc) is 3.18. The summed E-state index contributed by atoms with van der Waals surface area (Å²) in [5, 5.41) is 0.786. The van der Waals surface area contributed by atoms with E-state index in [2.05, 4.69) is 21.8 Å². The molecular weight excluding hydrogens is 416 g/mol. The first-order chi connectivity index (χ1) is 14.4. The zero-order chi connectivity index (χ0) is 21.1. The summed E-state index contributed by atoms with van der Waals surface area (Å²) in [4.78, 5) is 2.88. The van der Waals surface area contributed by atoms with Gasteiger partial charge >= 0.3 is 0 Å². The van der Waals surface area contributed by atoms with Crippen LogP contribution in [0.15, 0.2) is 53.4 Å². The molecule has 2 unspecified atom stereocenters. The first kappa shape index (κ1) is 21.8. The Labute approximate surface area is 185 Å². The molecule has 0 amide bonds. The monoisotopic (exact) mass is 446 g/mol. The molecule has 0 aromatic heterocycles. The second-order valence-electron chi connectivity index (χ2n) is 8.85. The number of rotatable bonds is 6. The number of benzene rings is 2. The minimum Gasteiger partial charge on any atom is -0.299 e. The van der Waals surface area contributed by atoms with Gasteiger partial charge in [-0.05, 0) is 87.9 Å². The number of nitrogens with one attached hydrogen (secondary N) is 1. The van der Waals surface area contributed by atoms with Crippen LogP contribution in [0, 0.1) is 12.8 Å². The maximum atomic E-state index is 12.9. The lowest BCUT2D eigenvalue weighted by molar-refractivity contribution is 0.122. The Morgan fingerprint density at radius 1 is 0.967 bits per heavy atom. The van der Waals surface area contributed by atoms with Crippen molar-refractivity contribution in [3.05, 3.63) is 64.7 Å². The van der Waals surface area contributed by atoms with Crippen molar-refractivity contribution in [3.8, 4) is 0 Å². The lowest BCUT2D eigenvalue weighted by Crippen LogP contribution is -2.51. The van der Waals surface area contributed by atoms with E-state index in [0.717, 1.165) is 62.2 Å². The number of hydrogen-bond acceptors (Lipinski definition) is 3. The normalized spacial score (nSPS) is 23.7. The molecule has 1 saturated heterocycles. The van der Waals surface area contributed by atoms with Crippen molar-refractivity contribution in [2.75, 3.05) is 13.1 Å². The van der Waals surface area contributed by atoms with Crippen LogP contribution < -0.4 is 4.72 Å². The molecule has 1 N–H and O–H groups in total. The SMILES string of the molecule is Cc1ccc(S(=O)(=O)NC2CCCC2N2CCC(Cc3ccc(Cl)cc3)CC2)cc1. The molecule has 1 aliphatic heterocycles. The summed E-state index contributed by atoms with van der Waals surface area (Å²) in [7, 11) is -3.47. The summed E-state index contributed by atoms with van der Waals surface area (Å²) in [6.45, 7) is 4.06. The van der Waals surface area contributed by atoms with Crippen LogP contribution in [0.5, 0.6) is 0 Å². The summed E-state index contributed by atoms with van der Waals surface area (Å²) in [5.74, 6) is 0.687. The van der Waals surface area contributed by atoms with Gasteiger partial charge in [-0.25, -0.2) is 13.1 Å². The van der Waals surface area contributed by atoms with Gasteiger partial charge < -0.3 is 0 Å². The van der Waals surface area contributed by atoms with Crippen LogP contribution in [-0.4, -0.2) is 38.5 Å². The number of sulfonamides is 1. The van der Waals surface area contributed by atoms with Crippen molar-refractivity contribution in [1.82, 2.24) is 9.62 Å². The van der Waals surface area contributed by atoms with E-state index in [-0.39, 0.29) is 6.04 Å². The molecule has 0 spiro atoms. The van der Waals surface area contributed by atoms with Crippen LogP contribution in [0.2, 0.25) is 5.02 Å². The van der Waals surface area contributed by atoms with E-state index in [1.54, 1.807) is 12.1 Å². The zero-order valence-corrected chi connectivity index (χ0v) is 19.1. The van der Waals surface area contributed by atoms with Crippen LogP contribution in [0.3, 0.4) is 0 Å². The Kier molecular flexibility index (Phi) is 6.83. The van der Waals surface area contributed by atoms with E-state index in [0.29, 0.717) is 16.9 Å². The first-order valence-corrected chi connectivity index (χ1v) is 12.8. The molecule has 2 aromatic carbocycles. The van der Waals surface area contributed by atoms with Gasteiger partial charge in [-0.2, -0.15) is 0 Å². The summed E-state index contributed by atoms with van der Waals surface area (Å²) < 4.78 is 28.7. The van der Waals surface area contributed by atoms with Gasteiger partial charge in [-0.1, -0.05) is 47.9 Å². The van der Waals surface area contributed by atoms with E-state index in [1.165, 1.54) is 5.56 Å². The fourth-order valence-electron chi connectivity index (χ4n) is 4.94. The molecular formula is C24H31ClN2O2S. The zero-order valence-electron chi connectivity index (χ0n) is 17.6. The molecule has 4 rings (SSSR count). The lowest BCUT2D eigenvalue weighted by Gasteiger charge is -2.38. The van der Waals surface area contributed by atoms with E-state index < -0.39 is 10.0 Å². The molecule has 2 aliphatic rings. The van der Waals surface area contributed by atoms with Crippen LogP contribution in [-0.2, 0) is 16.4 Å². The largest absolute Gasteiger partial charge is 0.299 e. The minimum atomic E-state index is -3.47. The Bertz CT molecular complexity index is 936. The highest BCUT2D eigenvalue weighted by Gasteiger charge is 2.36. The molecule has 2 atom stereocenters. The highest BCUT2D eigenvalue weighted by molar-refractivity contribution is 7.89. The maximum Gasteiger partial charge on any atom is 0.240 e. The number of likely N-dealkylation sites (tertiary alicyclic amines) is 1. The second-order valence-corrected chi connectivity index (χ2v) is 11.0. The van der Waals surface area contributed by atoms with Gasteiger partial charge in [-0.15, -0.1) is 0 Å². The molecule has 4 nitrogen and oxygen atoms in total. The van der Waals surface area contributed by atoms with Crippen LogP contribution in [0.4, 0.5) is 0 Å². The Morgan fingerprint density at radius 3 is 2.30 bits per heavy atom. The summed E-state index contributed by atoms with van der Waals surface area (Å²) >= 11 is 6.00. The second kappa shape index (κ2) is 9.39. The molecule has 0 bridgehead atoms. The fourth-order valence-corrected chi connectivity index (χ4v) is 6.37. The highest BCUT2D eigenvalue weighted by atomic mass is 35.5. The van der Waals surface area contributed by atoms with E-state index in [1.807, 2.05) is 31.2 Å². The van der Waals surface area contributed by atoms with Crippen molar-refractivity contribution < 1.29 is 8.42 Å². The highest BCUT2D eigenvalue weighted by Crippen LogP contribution is 2.30. The Hall–Kier alpha value is -1.40. The molecule has 2 fully saturated rings. The lowest BCUT2D eigenvalue weighted by atomic mass is 9.89. The molecule has 30 heavy (non-hydrogen) atoms. The molecule has 162 valence electrons. The standard InChI is InChI=1S/C24H31ClN2O2S/c1-18-5-11-22(12-6-18)30(28,29)26-23-3-2-4-24(23)27-15-13-20(14-16-27)17-19-7-9-21(25)10-8-19/h5-12,20,23-24,26H,2-4,13-17H2,1H3. The van der Waals surface area contributed by atoms with E-state index >= 15 is 0 Å². The van der Waals surface area contributed by atoms with Gasteiger partial charge in [0.2, 0.25) is 10.0 Å². The van der Waals surface area contributed by atoms with Crippen LogP contribution >= 0.6 is 11.6 Å². The molecule has 1 heterocycles. The predicted molar refractivity (Wildman–Crippen MR) is 122 cm³/mol. The fraction of sp³-hybridized carbons (Fsp3) is 0.500. The first-order valence-electron chi connectivity index (χ1n) is 11.0. The molecule has 6 heteroatoms. The summed E-state index contributed by atoms with van der Waals surface area (Å²) in [6.07, 6.45) is 6.49. The molecule has 0 radical (unpaired) electrons. The summed E-state index contributed by atoms with van der Waals surface area (Å²) in [5.41, 5.74) is 2.41. The van der Waals surface area contributed by atoms with E-state index in [9.17, 15) is 8.42 Å². The topological polar surface area (TPSA) is 49.4 Å². The molecule has 1 saturated carbocycles. The minimum absolute atomic E-state index is 0.00381. The van der Waals surface area contributed by atoms with Gasteiger partial charge in [-0.3, -0.25) is 4.90 Å². The van der Waals surface area contributed by atoms with Crippen molar-refractivity contribution in [1.29, 1.82) is 0 Å². The third-order valence-electron chi connectivity index (χ3n) is 6.67. The number of halogens is 1. The third kappa shape index (κ3) is 5.25. The smallest absolute Gasteiger partial charge is 0.240 e.